The standard InChI is InChI=1S/C19H40N2O/c1-18(2,3)13-9-7-11-15-20-17(22)21-16-12-8-10-14-19(4,5)6/h7-16H2,1-6H3,(H2,20,21,22). The van der Waals surface area contributed by atoms with Crippen LogP contribution in [0.4, 0.5) is 4.79 Å². The van der Waals surface area contributed by atoms with Gasteiger partial charge in [0.15, 0.2) is 0 Å². The van der Waals surface area contributed by atoms with Crippen LogP contribution < -0.4 is 10.6 Å². The van der Waals surface area contributed by atoms with Crippen LogP contribution in [0.25, 0.3) is 0 Å². The molecule has 0 aliphatic heterocycles. The number of hydrogen-bond acceptors (Lipinski definition) is 1. The summed E-state index contributed by atoms with van der Waals surface area (Å²) in [6.07, 6.45) is 9.57. The molecule has 0 radical (unpaired) electrons. The minimum absolute atomic E-state index is 0.00774. The maximum absolute atomic E-state index is 11.6. The van der Waals surface area contributed by atoms with Crippen molar-refractivity contribution in [2.45, 2.75) is 92.9 Å². The van der Waals surface area contributed by atoms with E-state index in [1.54, 1.807) is 0 Å². The maximum atomic E-state index is 11.6. The summed E-state index contributed by atoms with van der Waals surface area (Å²) in [5.74, 6) is 0. The molecule has 0 bridgehead atoms. The summed E-state index contributed by atoms with van der Waals surface area (Å²) in [5.41, 5.74) is 0.857. The van der Waals surface area contributed by atoms with Crippen molar-refractivity contribution in [1.29, 1.82) is 0 Å². The summed E-state index contributed by atoms with van der Waals surface area (Å²) in [5, 5.41) is 5.89. The van der Waals surface area contributed by atoms with Crippen molar-refractivity contribution >= 4 is 6.03 Å². The van der Waals surface area contributed by atoms with Crippen molar-refractivity contribution in [3.63, 3.8) is 0 Å². The van der Waals surface area contributed by atoms with Gasteiger partial charge in [-0.3, -0.25) is 0 Å². The predicted octanol–water partition coefficient (Wildman–Crippen LogP) is 5.50. The number of nitrogens with one attached hydrogen (secondary N) is 2. The van der Waals surface area contributed by atoms with E-state index in [1.165, 1.54) is 38.5 Å². The zero-order valence-corrected chi connectivity index (χ0v) is 16.0. The van der Waals surface area contributed by atoms with Crippen LogP contribution in [0.3, 0.4) is 0 Å². The normalized spacial score (nSPS) is 12.3. The molecule has 0 aromatic heterocycles. The highest BCUT2D eigenvalue weighted by Gasteiger charge is 2.09. The molecule has 3 nitrogen and oxygen atoms in total. The second-order valence-electron chi connectivity index (χ2n) is 8.93. The van der Waals surface area contributed by atoms with Crippen LogP contribution in [0, 0.1) is 10.8 Å². The summed E-state index contributed by atoms with van der Waals surface area (Å²) in [4.78, 5) is 11.6. The van der Waals surface area contributed by atoms with Gasteiger partial charge in [-0.05, 0) is 36.5 Å². The largest absolute Gasteiger partial charge is 0.338 e. The number of amides is 2. The molecule has 0 spiro atoms. The molecule has 0 aromatic carbocycles. The van der Waals surface area contributed by atoms with Crippen LogP contribution in [-0.4, -0.2) is 19.1 Å². The van der Waals surface area contributed by atoms with Crippen LogP contribution in [0.1, 0.15) is 92.9 Å². The molecule has 0 heterocycles. The lowest BCUT2D eigenvalue weighted by Gasteiger charge is -2.17. The summed E-state index contributed by atoms with van der Waals surface area (Å²) < 4.78 is 0. The molecule has 0 rings (SSSR count). The van der Waals surface area contributed by atoms with Crippen LogP contribution in [0.5, 0.6) is 0 Å². The van der Waals surface area contributed by atoms with Gasteiger partial charge in [0.1, 0.15) is 0 Å². The first-order chi connectivity index (χ1) is 10.1. The number of hydrogen-bond donors (Lipinski definition) is 2. The molecule has 2 amide bonds. The highest BCUT2D eigenvalue weighted by molar-refractivity contribution is 5.73. The summed E-state index contributed by atoms with van der Waals surface area (Å²) in [7, 11) is 0. The van der Waals surface area contributed by atoms with Crippen molar-refractivity contribution in [3.05, 3.63) is 0 Å². The highest BCUT2D eigenvalue weighted by atomic mass is 16.2. The molecule has 2 N–H and O–H groups in total. The Balaban J connectivity index is 3.33. The van der Waals surface area contributed by atoms with Crippen LogP contribution in [-0.2, 0) is 0 Å². The molecule has 0 aromatic rings. The van der Waals surface area contributed by atoms with E-state index in [4.69, 9.17) is 0 Å². The summed E-state index contributed by atoms with van der Waals surface area (Å²) in [6, 6.07) is -0.00774. The summed E-state index contributed by atoms with van der Waals surface area (Å²) >= 11 is 0. The number of urea groups is 1. The highest BCUT2D eigenvalue weighted by Crippen LogP contribution is 2.22. The van der Waals surface area contributed by atoms with E-state index >= 15 is 0 Å². The molecule has 3 heteroatoms. The Labute approximate surface area is 139 Å². The van der Waals surface area contributed by atoms with Gasteiger partial charge >= 0.3 is 6.03 Å². The third-order valence-electron chi connectivity index (χ3n) is 3.78. The molecule has 22 heavy (non-hydrogen) atoms. The van der Waals surface area contributed by atoms with Crippen molar-refractivity contribution < 1.29 is 4.79 Å². The molecule has 132 valence electrons. The molecule has 0 unspecified atom stereocenters. The third kappa shape index (κ3) is 17.3. The second kappa shape index (κ2) is 10.9. The molecule has 0 fully saturated rings. The Kier molecular flexibility index (Phi) is 10.5. The Morgan fingerprint density at radius 1 is 0.636 bits per heavy atom. The second-order valence-corrected chi connectivity index (χ2v) is 8.93. The van der Waals surface area contributed by atoms with Gasteiger partial charge in [0, 0.05) is 13.1 Å². The fourth-order valence-electron chi connectivity index (χ4n) is 2.38. The molecule has 0 aliphatic carbocycles. The van der Waals surface area contributed by atoms with E-state index in [-0.39, 0.29) is 6.03 Å². The quantitative estimate of drug-likeness (QED) is 0.514. The monoisotopic (exact) mass is 312 g/mol. The van der Waals surface area contributed by atoms with Gasteiger partial charge in [-0.2, -0.15) is 0 Å². The lowest BCUT2D eigenvalue weighted by molar-refractivity contribution is 0.240. The number of rotatable bonds is 10. The minimum Gasteiger partial charge on any atom is -0.338 e. The average Bonchev–Trinajstić information content (AvgIpc) is 2.35. The van der Waals surface area contributed by atoms with E-state index in [2.05, 4.69) is 52.2 Å². The van der Waals surface area contributed by atoms with E-state index in [0.717, 1.165) is 25.9 Å². The molecular weight excluding hydrogens is 272 g/mol. The van der Waals surface area contributed by atoms with Crippen molar-refractivity contribution in [3.8, 4) is 0 Å². The lowest BCUT2D eigenvalue weighted by atomic mass is 9.89. The van der Waals surface area contributed by atoms with E-state index in [9.17, 15) is 4.79 Å². The van der Waals surface area contributed by atoms with Gasteiger partial charge < -0.3 is 10.6 Å². The fraction of sp³-hybridized carbons (Fsp3) is 0.947. The topological polar surface area (TPSA) is 41.1 Å². The Hall–Kier alpha value is -0.730. The number of unbranched alkanes of at least 4 members (excludes halogenated alkanes) is 4. The van der Waals surface area contributed by atoms with E-state index < -0.39 is 0 Å². The average molecular weight is 313 g/mol. The van der Waals surface area contributed by atoms with Crippen LogP contribution in [0.15, 0.2) is 0 Å². The van der Waals surface area contributed by atoms with Gasteiger partial charge in [0.05, 0.1) is 0 Å². The Bertz CT molecular complexity index is 259. The minimum atomic E-state index is -0.00774. The van der Waals surface area contributed by atoms with Gasteiger partial charge in [-0.15, -0.1) is 0 Å². The fourth-order valence-corrected chi connectivity index (χ4v) is 2.38. The van der Waals surface area contributed by atoms with Gasteiger partial charge in [0.2, 0.25) is 0 Å². The number of carbonyl (C=O) groups is 1. The van der Waals surface area contributed by atoms with Crippen molar-refractivity contribution in [1.82, 2.24) is 10.6 Å². The van der Waals surface area contributed by atoms with Gasteiger partial charge in [-0.25, -0.2) is 4.79 Å². The first-order valence-electron chi connectivity index (χ1n) is 9.12. The molecule has 0 saturated carbocycles. The Morgan fingerprint density at radius 2 is 1.00 bits per heavy atom. The zero-order chi connectivity index (χ0) is 17.1. The third-order valence-corrected chi connectivity index (χ3v) is 3.78. The lowest BCUT2D eigenvalue weighted by Crippen LogP contribution is -2.36. The number of carbonyl (C=O) groups excluding carboxylic acids is 1. The van der Waals surface area contributed by atoms with Gasteiger partial charge in [0.25, 0.3) is 0 Å². The van der Waals surface area contributed by atoms with Crippen LogP contribution in [0.2, 0.25) is 0 Å². The first-order valence-corrected chi connectivity index (χ1v) is 9.12. The van der Waals surface area contributed by atoms with Crippen molar-refractivity contribution in [2.24, 2.45) is 10.8 Å². The molecule has 0 atom stereocenters. The molecular formula is C19H40N2O. The SMILES string of the molecule is CC(C)(C)CCCCCNC(=O)NCCCCCC(C)(C)C. The van der Waals surface area contributed by atoms with E-state index in [1.807, 2.05) is 0 Å². The maximum Gasteiger partial charge on any atom is 0.314 e. The zero-order valence-electron chi connectivity index (χ0n) is 16.0. The molecule has 0 aliphatic rings. The first kappa shape index (κ1) is 21.3. The predicted molar refractivity (Wildman–Crippen MR) is 97.2 cm³/mol. The van der Waals surface area contributed by atoms with Crippen LogP contribution >= 0.6 is 0 Å². The smallest absolute Gasteiger partial charge is 0.314 e. The van der Waals surface area contributed by atoms with Crippen molar-refractivity contribution in [2.75, 3.05) is 13.1 Å². The Morgan fingerprint density at radius 3 is 1.32 bits per heavy atom. The summed E-state index contributed by atoms with van der Waals surface area (Å²) in [6.45, 7) is 15.3. The van der Waals surface area contributed by atoms with Gasteiger partial charge in [-0.1, -0.05) is 67.2 Å². The van der Waals surface area contributed by atoms with E-state index in [0.29, 0.717) is 10.8 Å². The molecule has 0 saturated heterocycles.